The molecule has 3 aliphatic rings. The number of piperidine rings is 2. The maximum absolute atomic E-state index is 14.1. The number of halogens is 4. The summed E-state index contributed by atoms with van der Waals surface area (Å²) < 4.78 is 42.6. The standard InChI is InChI=1S/C50H54ClF3N10O4S/c1-5-34-23-38(41(66)25-40(34)65)45-58-60-47(48(68)55-27-50(52,53)54)64(45)37-12-6-31(7-13-37)22-32-14-18-61(19-15-32)26-33-16-20-62(21-17-33)42(67)24-39-46-59-57-30(4)63(46)49-43(28(2)29(3)69-49)44(56-39)35-8-10-36(51)11-9-35/h6-13,23,25,32-33,39,65-66H,5,14-22,24,26-27H2,1-4H3,(H,55,68)/t39-/m0/s1. The third-order valence-corrected chi connectivity index (χ3v) is 15.2. The van der Waals surface area contributed by atoms with Gasteiger partial charge in [0.15, 0.2) is 11.6 Å². The number of aromatic nitrogens is 6. The van der Waals surface area contributed by atoms with Crippen LogP contribution in [0.3, 0.4) is 0 Å². The van der Waals surface area contributed by atoms with E-state index in [1.54, 1.807) is 23.5 Å². The van der Waals surface area contributed by atoms with Crippen LogP contribution < -0.4 is 5.32 Å². The van der Waals surface area contributed by atoms with E-state index in [9.17, 15) is 33.0 Å². The number of thiophene rings is 1. The Morgan fingerprint density at radius 3 is 2.23 bits per heavy atom. The van der Waals surface area contributed by atoms with Crippen molar-refractivity contribution in [3.63, 3.8) is 0 Å². The van der Waals surface area contributed by atoms with Crippen molar-refractivity contribution >= 4 is 40.5 Å². The van der Waals surface area contributed by atoms with Gasteiger partial charge in [-0.3, -0.25) is 23.7 Å². The van der Waals surface area contributed by atoms with Crippen molar-refractivity contribution in [1.82, 2.24) is 44.6 Å². The molecule has 0 bridgehead atoms. The van der Waals surface area contributed by atoms with Gasteiger partial charge in [-0.1, -0.05) is 42.8 Å². The Morgan fingerprint density at radius 1 is 0.855 bits per heavy atom. The second-order valence-electron chi connectivity index (χ2n) is 18.4. The second-order valence-corrected chi connectivity index (χ2v) is 20.0. The predicted molar refractivity (Wildman–Crippen MR) is 258 cm³/mol. The van der Waals surface area contributed by atoms with Crippen molar-refractivity contribution in [3.05, 3.63) is 116 Å². The maximum atomic E-state index is 14.1. The Kier molecular flexibility index (Phi) is 13.7. The van der Waals surface area contributed by atoms with Crippen LogP contribution in [0.4, 0.5) is 13.2 Å². The number of phenolic OH excluding ortho intramolecular Hbond substituents is 2. The zero-order chi connectivity index (χ0) is 48.7. The number of carbonyl (C=O) groups excluding carboxylic acids is 2. The maximum Gasteiger partial charge on any atom is 0.405 e. The molecule has 14 nitrogen and oxygen atoms in total. The summed E-state index contributed by atoms with van der Waals surface area (Å²) in [6.07, 6.45) is 0.718. The number of aromatic hydroxyl groups is 2. The van der Waals surface area contributed by atoms with Crippen molar-refractivity contribution in [2.45, 2.75) is 84.9 Å². The molecule has 6 heterocycles. The van der Waals surface area contributed by atoms with Crippen LogP contribution in [0.15, 0.2) is 65.7 Å². The third-order valence-electron chi connectivity index (χ3n) is 13.8. The lowest BCUT2D eigenvalue weighted by molar-refractivity contribution is -0.133. The van der Waals surface area contributed by atoms with Gasteiger partial charge in [0.25, 0.3) is 5.91 Å². The summed E-state index contributed by atoms with van der Waals surface area (Å²) in [5.74, 6) is 0.562. The molecular weight excluding hydrogens is 929 g/mol. The number of amides is 2. The summed E-state index contributed by atoms with van der Waals surface area (Å²) in [7, 11) is 0. The molecule has 3 aromatic carbocycles. The summed E-state index contributed by atoms with van der Waals surface area (Å²) >= 11 is 7.98. The minimum absolute atomic E-state index is 0.0368. The van der Waals surface area contributed by atoms with Crippen LogP contribution in [0.2, 0.25) is 5.02 Å². The quantitative estimate of drug-likeness (QED) is 0.109. The SMILES string of the molecule is CCc1cc(-c2nnc(C(=O)NCC(F)(F)F)n2-c2ccc(CC3CCN(CC4CCN(C(=O)C[C@@H]5N=C(c6ccc(Cl)cc6)c6c(sc(C)c6C)-n6c(C)nnc65)CC4)CC3)cc2)c(O)cc1O. The number of hydrogen-bond acceptors (Lipinski definition) is 11. The summed E-state index contributed by atoms with van der Waals surface area (Å²) in [5, 5.41) is 41.7. The van der Waals surface area contributed by atoms with Gasteiger partial charge in [0.2, 0.25) is 11.7 Å². The van der Waals surface area contributed by atoms with Gasteiger partial charge in [-0.25, -0.2) is 0 Å². The Morgan fingerprint density at radius 2 is 1.55 bits per heavy atom. The molecule has 19 heteroatoms. The highest BCUT2D eigenvalue weighted by Crippen LogP contribution is 2.41. The first-order valence-corrected chi connectivity index (χ1v) is 24.6. The fourth-order valence-corrected chi connectivity index (χ4v) is 11.2. The normalized spacial score (nSPS) is 17.1. The number of benzene rings is 3. The summed E-state index contributed by atoms with van der Waals surface area (Å²) in [6.45, 7) is 10.8. The number of rotatable bonds is 12. The first kappa shape index (κ1) is 47.9. The molecule has 9 rings (SSSR count). The van der Waals surface area contributed by atoms with Crippen LogP contribution in [0.5, 0.6) is 11.5 Å². The summed E-state index contributed by atoms with van der Waals surface area (Å²) in [5.41, 5.74) is 6.11. The number of fused-ring (bicyclic) bond motifs is 3. The van der Waals surface area contributed by atoms with Crippen molar-refractivity contribution in [2.24, 2.45) is 16.8 Å². The highest BCUT2D eigenvalue weighted by Gasteiger charge is 2.35. The topological polar surface area (TPSA) is 167 Å². The van der Waals surface area contributed by atoms with Crippen molar-refractivity contribution < 1.29 is 33.0 Å². The number of alkyl halides is 3. The Hall–Kier alpha value is -6.11. The van der Waals surface area contributed by atoms with E-state index in [-0.39, 0.29) is 41.0 Å². The van der Waals surface area contributed by atoms with E-state index < -0.39 is 24.7 Å². The minimum Gasteiger partial charge on any atom is -0.508 e. The number of phenols is 2. The molecule has 69 heavy (non-hydrogen) atoms. The zero-order valence-electron chi connectivity index (χ0n) is 38.9. The van der Waals surface area contributed by atoms with Gasteiger partial charge in [-0.15, -0.1) is 31.7 Å². The predicted octanol–water partition coefficient (Wildman–Crippen LogP) is 8.90. The zero-order valence-corrected chi connectivity index (χ0v) is 40.4. The number of hydrogen-bond donors (Lipinski definition) is 3. The van der Waals surface area contributed by atoms with Gasteiger partial charge in [0, 0.05) is 52.4 Å². The summed E-state index contributed by atoms with van der Waals surface area (Å²) in [4.78, 5) is 38.2. The minimum atomic E-state index is -4.64. The molecule has 0 radical (unpaired) electrons. The fraction of sp³-hybridized carbons (Fsp3) is 0.420. The molecule has 3 aromatic heterocycles. The number of aliphatic imine (C=N–C) groups is 1. The van der Waals surface area contributed by atoms with Gasteiger partial charge in [-0.2, -0.15) is 13.2 Å². The molecule has 6 aromatic rings. The van der Waals surface area contributed by atoms with Gasteiger partial charge >= 0.3 is 6.18 Å². The highest BCUT2D eigenvalue weighted by molar-refractivity contribution is 7.15. The molecule has 3 aliphatic heterocycles. The van der Waals surface area contributed by atoms with Crippen LogP contribution in [0, 0.1) is 32.6 Å². The first-order valence-electron chi connectivity index (χ1n) is 23.4. The largest absolute Gasteiger partial charge is 0.508 e. The van der Waals surface area contributed by atoms with E-state index in [1.165, 1.54) is 21.6 Å². The lowest BCUT2D eigenvalue weighted by Gasteiger charge is -2.38. The number of nitrogens with zero attached hydrogens (tertiary/aromatic N) is 9. The number of aryl methyl sites for hydroxylation is 3. The molecule has 2 amide bonds. The average molecular weight is 984 g/mol. The van der Waals surface area contributed by atoms with E-state index in [0.717, 1.165) is 90.5 Å². The second kappa shape index (κ2) is 19.7. The van der Waals surface area contributed by atoms with Gasteiger partial charge in [0.1, 0.15) is 34.9 Å². The van der Waals surface area contributed by atoms with Crippen molar-refractivity contribution in [3.8, 4) is 33.6 Å². The fourth-order valence-electron chi connectivity index (χ4n) is 9.84. The van der Waals surface area contributed by atoms with Crippen LogP contribution in [0.1, 0.15) is 100 Å². The van der Waals surface area contributed by atoms with Crippen LogP contribution in [-0.2, 0) is 17.6 Å². The molecule has 0 unspecified atom stereocenters. The molecular formula is C50H54ClF3N10O4S. The van der Waals surface area contributed by atoms with Crippen LogP contribution in [-0.4, -0.2) is 113 Å². The molecule has 0 saturated carbocycles. The lowest BCUT2D eigenvalue weighted by atomic mass is 9.89. The summed E-state index contributed by atoms with van der Waals surface area (Å²) in [6, 6.07) is 17.3. The number of nitrogens with one attached hydrogen (secondary N) is 1. The van der Waals surface area contributed by atoms with Crippen LogP contribution >= 0.6 is 22.9 Å². The first-order chi connectivity index (χ1) is 33.0. The van der Waals surface area contributed by atoms with E-state index in [1.807, 2.05) is 60.5 Å². The smallest absolute Gasteiger partial charge is 0.405 e. The molecule has 362 valence electrons. The molecule has 2 saturated heterocycles. The molecule has 2 fully saturated rings. The molecule has 3 N–H and O–H groups in total. The monoisotopic (exact) mass is 982 g/mol. The van der Waals surface area contributed by atoms with Crippen LogP contribution in [0.25, 0.3) is 22.1 Å². The molecule has 0 aliphatic carbocycles. The number of carbonyl (C=O) groups is 2. The highest BCUT2D eigenvalue weighted by atomic mass is 35.5. The van der Waals surface area contributed by atoms with E-state index in [0.29, 0.717) is 53.4 Å². The molecule has 1 atom stereocenters. The van der Waals surface area contributed by atoms with E-state index in [2.05, 4.69) is 43.7 Å². The average Bonchev–Trinajstić information content (AvgIpc) is 4.00. The lowest BCUT2D eigenvalue weighted by Crippen LogP contribution is -2.43. The van der Waals surface area contributed by atoms with Gasteiger partial charge < -0.3 is 25.3 Å². The van der Waals surface area contributed by atoms with Crippen molar-refractivity contribution in [2.75, 3.05) is 39.3 Å². The Balaban J connectivity index is 0.805. The Labute approximate surface area is 406 Å². The van der Waals surface area contributed by atoms with Crippen molar-refractivity contribution in [1.29, 1.82) is 0 Å². The van der Waals surface area contributed by atoms with Gasteiger partial charge in [-0.05, 0) is 131 Å². The third kappa shape index (κ3) is 10.1. The van der Waals surface area contributed by atoms with Gasteiger partial charge in [0.05, 0.1) is 17.7 Å². The number of likely N-dealkylation sites (tertiary alicyclic amines) is 2. The molecule has 0 spiro atoms. The van der Waals surface area contributed by atoms with E-state index in [4.69, 9.17) is 16.6 Å². The Bertz CT molecular complexity index is 2900. The van der Waals surface area contributed by atoms with E-state index >= 15 is 0 Å².